The lowest BCUT2D eigenvalue weighted by Crippen LogP contribution is -2.45. The molecule has 1 aliphatic rings. The van der Waals surface area contributed by atoms with Crippen molar-refractivity contribution in [2.24, 2.45) is 5.41 Å². The molecule has 30 heavy (non-hydrogen) atoms. The molecular formula is C24H31NO4Si. The second-order valence-corrected chi connectivity index (χ2v) is 13.9. The van der Waals surface area contributed by atoms with Crippen LogP contribution in [0.2, 0.25) is 19.6 Å². The summed E-state index contributed by atoms with van der Waals surface area (Å²) in [6.45, 7) is 12.8. The third-order valence-corrected chi connectivity index (χ3v) is 7.74. The van der Waals surface area contributed by atoms with Gasteiger partial charge in [-0.25, -0.2) is 0 Å². The van der Waals surface area contributed by atoms with E-state index in [0.29, 0.717) is 6.42 Å². The first-order chi connectivity index (χ1) is 14.2. The number of rotatable bonds is 6. The highest BCUT2D eigenvalue weighted by Crippen LogP contribution is 2.42. The molecule has 0 atom stereocenters. The Hall–Kier alpha value is -2.47. The van der Waals surface area contributed by atoms with E-state index in [9.17, 15) is 9.59 Å². The van der Waals surface area contributed by atoms with E-state index in [1.165, 1.54) is 5.19 Å². The van der Waals surface area contributed by atoms with Crippen LogP contribution in [0.15, 0.2) is 30.3 Å². The highest BCUT2D eigenvalue weighted by atomic mass is 28.3. The van der Waals surface area contributed by atoms with Crippen LogP contribution in [0.25, 0.3) is 11.3 Å². The Morgan fingerprint density at radius 2 is 1.50 bits per heavy atom. The summed E-state index contributed by atoms with van der Waals surface area (Å²) in [6.07, 6.45) is 0.591. The molecule has 0 unspecified atom stereocenters. The van der Waals surface area contributed by atoms with Crippen LogP contribution < -0.4 is 5.19 Å². The summed E-state index contributed by atoms with van der Waals surface area (Å²) in [4.78, 5) is 31.1. The van der Waals surface area contributed by atoms with Gasteiger partial charge in [-0.15, -0.1) is 0 Å². The van der Waals surface area contributed by atoms with Crippen LogP contribution in [-0.2, 0) is 31.9 Å². The smallest absolute Gasteiger partial charge is 0.324 e. The fourth-order valence-corrected chi connectivity index (χ4v) is 6.48. The van der Waals surface area contributed by atoms with Crippen molar-refractivity contribution in [2.75, 3.05) is 13.2 Å². The van der Waals surface area contributed by atoms with E-state index in [-0.39, 0.29) is 19.6 Å². The molecule has 1 heterocycles. The van der Waals surface area contributed by atoms with Crippen molar-refractivity contribution < 1.29 is 19.1 Å². The van der Waals surface area contributed by atoms with E-state index in [0.717, 1.165) is 28.1 Å². The van der Waals surface area contributed by atoms with Crippen molar-refractivity contribution in [3.8, 4) is 11.3 Å². The highest BCUT2D eigenvalue weighted by molar-refractivity contribution is 6.90. The van der Waals surface area contributed by atoms with Crippen molar-refractivity contribution in [2.45, 2.75) is 53.3 Å². The molecule has 0 aliphatic heterocycles. The molecule has 0 N–H and O–H groups in total. The summed E-state index contributed by atoms with van der Waals surface area (Å²) in [7, 11) is -1.88. The lowest BCUT2D eigenvalue weighted by Gasteiger charge is -2.26. The van der Waals surface area contributed by atoms with Gasteiger partial charge in [0.05, 0.1) is 27.0 Å². The normalized spacial score (nSPS) is 14.9. The molecule has 3 rings (SSSR count). The lowest BCUT2D eigenvalue weighted by molar-refractivity contribution is -0.171. The van der Waals surface area contributed by atoms with Gasteiger partial charge in [0.1, 0.15) is 0 Å². The fraction of sp³-hybridized carbons (Fsp3) is 0.458. The van der Waals surface area contributed by atoms with Crippen molar-refractivity contribution in [1.29, 1.82) is 0 Å². The number of carbonyl (C=O) groups excluding carboxylic acids is 2. The Morgan fingerprint density at radius 3 is 2.00 bits per heavy atom. The number of benzene rings is 1. The minimum atomic E-state index is -1.88. The van der Waals surface area contributed by atoms with E-state index < -0.39 is 25.4 Å². The number of ether oxygens (including phenoxy) is 2. The first kappa shape index (κ1) is 22.2. The molecule has 0 amide bonds. The number of pyridine rings is 1. The molecule has 5 nitrogen and oxygen atoms in total. The second-order valence-electron chi connectivity index (χ2n) is 8.87. The number of hydrogen-bond donors (Lipinski definition) is 0. The molecule has 0 saturated carbocycles. The maximum atomic E-state index is 13.0. The SMILES string of the molecule is CCOC(=O)C1(C(=O)OCC)Cc2c(C)nc(-c3ccccc3)c([Si](C)(C)C)c2C1. The molecule has 0 radical (unpaired) electrons. The Kier molecular flexibility index (Phi) is 6.18. The maximum absolute atomic E-state index is 13.0. The van der Waals surface area contributed by atoms with Crippen LogP contribution in [0, 0.1) is 12.3 Å². The van der Waals surface area contributed by atoms with Crippen molar-refractivity contribution >= 4 is 25.2 Å². The Morgan fingerprint density at radius 1 is 0.967 bits per heavy atom. The standard InChI is InChI=1S/C24H31NO4Si/c1-7-28-22(26)24(23(27)29-8-2)14-18-16(3)25-20(17-12-10-9-11-13-17)21(19(18)15-24)30(4,5)6/h9-13H,7-8,14-15H2,1-6H3. The first-order valence-corrected chi connectivity index (χ1v) is 14.1. The fourth-order valence-electron chi connectivity index (χ4n) is 4.42. The molecule has 6 heteroatoms. The first-order valence-electron chi connectivity index (χ1n) is 10.6. The average molecular weight is 426 g/mol. The Balaban J connectivity index is 2.25. The van der Waals surface area contributed by atoms with Gasteiger partial charge in [-0.1, -0.05) is 50.0 Å². The topological polar surface area (TPSA) is 65.5 Å². The van der Waals surface area contributed by atoms with Crippen LogP contribution in [-0.4, -0.2) is 38.2 Å². The van der Waals surface area contributed by atoms with Crippen LogP contribution in [0.4, 0.5) is 0 Å². The second kappa shape index (κ2) is 8.34. The van der Waals surface area contributed by atoms with Crippen molar-refractivity contribution in [3.05, 3.63) is 47.2 Å². The van der Waals surface area contributed by atoms with Crippen LogP contribution in [0.5, 0.6) is 0 Å². The zero-order valence-corrected chi connectivity index (χ0v) is 19.8. The molecule has 160 valence electrons. The van der Waals surface area contributed by atoms with Crippen LogP contribution >= 0.6 is 0 Å². The van der Waals surface area contributed by atoms with Gasteiger partial charge in [-0.2, -0.15) is 0 Å². The van der Waals surface area contributed by atoms with Gasteiger partial charge in [0, 0.05) is 12.1 Å². The zero-order valence-electron chi connectivity index (χ0n) is 18.8. The van der Waals surface area contributed by atoms with Gasteiger partial charge in [0.15, 0.2) is 5.41 Å². The van der Waals surface area contributed by atoms with Crippen LogP contribution in [0.3, 0.4) is 0 Å². The molecule has 1 aliphatic carbocycles. The van der Waals surface area contributed by atoms with Gasteiger partial charge >= 0.3 is 11.9 Å². The third-order valence-electron chi connectivity index (χ3n) is 5.71. The Bertz CT molecular complexity index is 945. The van der Waals surface area contributed by atoms with Gasteiger partial charge in [-0.3, -0.25) is 14.6 Å². The summed E-state index contributed by atoms with van der Waals surface area (Å²) in [6, 6.07) is 10.1. The molecular weight excluding hydrogens is 394 g/mol. The number of carbonyl (C=O) groups is 2. The van der Waals surface area contributed by atoms with E-state index in [1.54, 1.807) is 13.8 Å². The van der Waals surface area contributed by atoms with Crippen molar-refractivity contribution in [1.82, 2.24) is 4.98 Å². The number of aryl methyl sites for hydroxylation is 1. The molecule has 0 bridgehead atoms. The lowest BCUT2D eigenvalue weighted by atomic mass is 9.84. The average Bonchev–Trinajstić information content (AvgIpc) is 3.10. The monoisotopic (exact) mass is 425 g/mol. The minimum absolute atomic E-state index is 0.226. The van der Waals surface area contributed by atoms with Gasteiger partial charge in [0.2, 0.25) is 0 Å². The molecule has 1 aromatic heterocycles. The molecule has 0 saturated heterocycles. The van der Waals surface area contributed by atoms with Gasteiger partial charge in [0.25, 0.3) is 0 Å². The zero-order chi connectivity index (χ0) is 22.1. The number of hydrogen-bond acceptors (Lipinski definition) is 5. The number of nitrogens with zero attached hydrogens (tertiary/aromatic N) is 1. The van der Waals surface area contributed by atoms with E-state index in [1.807, 2.05) is 25.1 Å². The third kappa shape index (κ3) is 3.81. The molecule has 0 fully saturated rings. The largest absolute Gasteiger partial charge is 0.465 e. The number of aromatic nitrogens is 1. The molecule has 0 spiro atoms. The number of esters is 2. The summed E-state index contributed by atoms with van der Waals surface area (Å²) < 4.78 is 10.7. The summed E-state index contributed by atoms with van der Waals surface area (Å²) in [5.74, 6) is -0.997. The summed E-state index contributed by atoms with van der Waals surface area (Å²) in [5, 5.41) is 1.21. The predicted octanol–water partition coefficient (Wildman–Crippen LogP) is 3.81. The van der Waals surface area contributed by atoms with Gasteiger partial charge < -0.3 is 9.47 Å². The minimum Gasteiger partial charge on any atom is -0.465 e. The quantitative estimate of drug-likeness (QED) is 0.400. The van der Waals surface area contributed by atoms with E-state index in [4.69, 9.17) is 14.5 Å². The number of fused-ring (bicyclic) bond motifs is 1. The van der Waals surface area contributed by atoms with E-state index >= 15 is 0 Å². The molecule has 1 aromatic carbocycles. The Labute approximate surface area is 179 Å². The predicted molar refractivity (Wildman–Crippen MR) is 120 cm³/mol. The summed E-state index contributed by atoms with van der Waals surface area (Å²) in [5.41, 5.74) is 3.64. The van der Waals surface area contributed by atoms with Gasteiger partial charge in [-0.05, 0) is 49.1 Å². The highest BCUT2D eigenvalue weighted by Gasteiger charge is 2.54. The van der Waals surface area contributed by atoms with Crippen molar-refractivity contribution in [3.63, 3.8) is 0 Å². The maximum Gasteiger partial charge on any atom is 0.324 e. The van der Waals surface area contributed by atoms with Crippen LogP contribution in [0.1, 0.15) is 30.7 Å². The summed E-state index contributed by atoms with van der Waals surface area (Å²) >= 11 is 0. The molecule has 2 aromatic rings. The van der Waals surface area contributed by atoms with E-state index in [2.05, 4.69) is 31.8 Å².